The van der Waals surface area contributed by atoms with Crippen LogP contribution in [0.2, 0.25) is 0 Å². The van der Waals surface area contributed by atoms with E-state index in [0.717, 1.165) is 22.9 Å². The number of hydrogen-bond acceptors (Lipinski definition) is 6. The van der Waals surface area contributed by atoms with Crippen molar-refractivity contribution in [3.8, 4) is 17.2 Å². The van der Waals surface area contributed by atoms with Gasteiger partial charge in [-0.25, -0.2) is 8.42 Å². The maximum absolute atomic E-state index is 11.5. The van der Waals surface area contributed by atoms with Crippen molar-refractivity contribution in [3.05, 3.63) is 47.0 Å². The van der Waals surface area contributed by atoms with E-state index in [1.165, 1.54) is 0 Å². The highest BCUT2D eigenvalue weighted by molar-refractivity contribution is 7.92. The molecule has 0 saturated carbocycles. The summed E-state index contributed by atoms with van der Waals surface area (Å²) in [6.45, 7) is 1.29. The number of rotatable bonds is 5. The first-order valence-corrected chi connectivity index (χ1v) is 9.97. The Balaban J connectivity index is 2.03. The van der Waals surface area contributed by atoms with Gasteiger partial charge in [-0.15, -0.1) is 0 Å². The summed E-state index contributed by atoms with van der Waals surface area (Å²) in [5.74, 6) is 1.19. The molecular formula is C18H22N2O5S. The third kappa shape index (κ3) is 3.71. The molecule has 1 aliphatic heterocycles. The van der Waals surface area contributed by atoms with E-state index in [9.17, 15) is 13.5 Å². The van der Waals surface area contributed by atoms with Crippen LogP contribution < -0.4 is 19.5 Å². The standard InChI is InChI=1S/C18H22N2O5S/c1-24-17-5-4-11(7-18(17)25-2)14-10-19-9-12-6-15(20-26(3,22)23)16(21)8-13(12)14/h4-8,14,19-21H,9-10H2,1-3H3. The van der Waals surface area contributed by atoms with Crippen molar-refractivity contribution in [2.24, 2.45) is 0 Å². The molecule has 0 fully saturated rings. The summed E-state index contributed by atoms with van der Waals surface area (Å²) in [4.78, 5) is 0. The van der Waals surface area contributed by atoms with Gasteiger partial charge in [0.2, 0.25) is 10.0 Å². The molecule has 7 nitrogen and oxygen atoms in total. The molecule has 0 amide bonds. The Labute approximate surface area is 153 Å². The summed E-state index contributed by atoms with van der Waals surface area (Å²) in [5, 5.41) is 13.6. The Hall–Kier alpha value is -2.45. The number of aromatic hydroxyl groups is 1. The maximum atomic E-state index is 11.5. The molecule has 0 aromatic heterocycles. The molecule has 0 aliphatic carbocycles. The van der Waals surface area contributed by atoms with Gasteiger partial charge in [0.05, 0.1) is 26.2 Å². The van der Waals surface area contributed by atoms with Gasteiger partial charge < -0.3 is 19.9 Å². The zero-order valence-corrected chi connectivity index (χ0v) is 15.7. The molecule has 26 heavy (non-hydrogen) atoms. The van der Waals surface area contributed by atoms with E-state index in [1.54, 1.807) is 26.4 Å². The Morgan fingerprint density at radius 2 is 1.88 bits per heavy atom. The van der Waals surface area contributed by atoms with E-state index in [-0.39, 0.29) is 17.4 Å². The van der Waals surface area contributed by atoms with E-state index in [4.69, 9.17) is 9.47 Å². The van der Waals surface area contributed by atoms with Crippen LogP contribution in [0.4, 0.5) is 5.69 Å². The molecule has 1 heterocycles. The molecule has 3 N–H and O–H groups in total. The number of hydrogen-bond donors (Lipinski definition) is 3. The van der Waals surface area contributed by atoms with Crippen LogP contribution in [0.25, 0.3) is 0 Å². The number of ether oxygens (including phenoxy) is 2. The van der Waals surface area contributed by atoms with Crippen LogP contribution in [-0.4, -0.2) is 40.5 Å². The van der Waals surface area contributed by atoms with Crippen molar-refractivity contribution in [1.29, 1.82) is 0 Å². The number of fused-ring (bicyclic) bond motifs is 1. The normalized spacial score (nSPS) is 16.7. The van der Waals surface area contributed by atoms with E-state index in [2.05, 4.69) is 10.0 Å². The predicted molar refractivity (Wildman–Crippen MR) is 99.7 cm³/mol. The van der Waals surface area contributed by atoms with Crippen LogP contribution in [0.15, 0.2) is 30.3 Å². The third-order valence-corrected chi connectivity index (χ3v) is 4.99. The summed E-state index contributed by atoms with van der Waals surface area (Å²) < 4.78 is 36.0. The highest BCUT2D eigenvalue weighted by atomic mass is 32.2. The average molecular weight is 378 g/mol. The number of phenolic OH excluding ortho intramolecular Hbond substituents is 1. The topological polar surface area (TPSA) is 96.9 Å². The summed E-state index contributed by atoms with van der Waals surface area (Å²) in [7, 11) is -0.296. The number of methoxy groups -OCH3 is 2. The first-order valence-electron chi connectivity index (χ1n) is 8.08. The minimum absolute atomic E-state index is 0.00302. The molecule has 0 spiro atoms. The molecule has 1 aliphatic rings. The number of phenols is 1. The summed E-state index contributed by atoms with van der Waals surface area (Å²) in [5.41, 5.74) is 3.08. The zero-order chi connectivity index (χ0) is 18.9. The minimum Gasteiger partial charge on any atom is -0.506 e. The first-order chi connectivity index (χ1) is 12.3. The first kappa shape index (κ1) is 18.3. The molecule has 2 aromatic rings. The molecular weight excluding hydrogens is 356 g/mol. The molecule has 1 atom stereocenters. The number of anilines is 1. The fraction of sp³-hybridized carbons (Fsp3) is 0.333. The lowest BCUT2D eigenvalue weighted by Gasteiger charge is -2.28. The Morgan fingerprint density at radius 1 is 1.15 bits per heavy atom. The number of nitrogens with one attached hydrogen (secondary N) is 2. The van der Waals surface area contributed by atoms with Gasteiger partial charge in [0.1, 0.15) is 5.75 Å². The maximum Gasteiger partial charge on any atom is 0.229 e. The summed E-state index contributed by atoms with van der Waals surface area (Å²) in [6.07, 6.45) is 1.05. The van der Waals surface area contributed by atoms with Crippen LogP contribution in [0.3, 0.4) is 0 Å². The second-order valence-electron chi connectivity index (χ2n) is 6.24. The van der Waals surface area contributed by atoms with E-state index in [1.807, 2.05) is 18.2 Å². The number of benzene rings is 2. The van der Waals surface area contributed by atoms with Crippen molar-refractivity contribution in [3.63, 3.8) is 0 Å². The smallest absolute Gasteiger partial charge is 0.229 e. The SMILES string of the molecule is COc1ccc(C2CNCc3cc(NS(C)(=O)=O)c(O)cc32)cc1OC. The van der Waals surface area contributed by atoms with Crippen LogP contribution in [0.5, 0.6) is 17.2 Å². The fourth-order valence-electron chi connectivity index (χ4n) is 3.24. The van der Waals surface area contributed by atoms with Gasteiger partial charge in [-0.2, -0.15) is 0 Å². The van der Waals surface area contributed by atoms with E-state index >= 15 is 0 Å². The zero-order valence-electron chi connectivity index (χ0n) is 14.9. The lowest BCUT2D eigenvalue weighted by Crippen LogP contribution is -2.29. The van der Waals surface area contributed by atoms with Gasteiger partial charge in [0.25, 0.3) is 0 Å². The fourth-order valence-corrected chi connectivity index (χ4v) is 3.80. The van der Waals surface area contributed by atoms with Crippen molar-refractivity contribution in [1.82, 2.24) is 5.32 Å². The van der Waals surface area contributed by atoms with Crippen molar-refractivity contribution >= 4 is 15.7 Å². The molecule has 0 radical (unpaired) electrons. The highest BCUT2D eigenvalue weighted by Crippen LogP contribution is 2.39. The van der Waals surface area contributed by atoms with Crippen molar-refractivity contribution in [2.75, 3.05) is 31.7 Å². The quantitative estimate of drug-likeness (QED) is 0.689. The van der Waals surface area contributed by atoms with Crippen LogP contribution >= 0.6 is 0 Å². The van der Waals surface area contributed by atoms with Gasteiger partial charge in [-0.1, -0.05) is 6.07 Å². The van der Waals surface area contributed by atoms with Gasteiger partial charge in [-0.3, -0.25) is 4.72 Å². The Morgan fingerprint density at radius 3 is 2.54 bits per heavy atom. The molecule has 8 heteroatoms. The molecule has 1 unspecified atom stereocenters. The van der Waals surface area contributed by atoms with Crippen molar-refractivity contribution in [2.45, 2.75) is 12.5 Å². The molecule has 140 valence electrons. The predicted octanol–water partition coefficient (Wildman–Crippen LogP) is 2.02. The molecule has 0 saturated heterocycles. The van der Waals surface area contributed by atoms with Gasteiger partial charge in [0.15, 0.2) is 11.5 Å². The Bertz CT molecular complexity index is 927. The second-order valence-corrected chi connectivity index (χ2v) is 7.99. The van der Waals surface area contributed by atoms with Gasteiger partial charge in [0, 0.05) is 19.0 Å². The van der Waals surface area contributed by atoms with Crippen molar-refractivity contribution < 1.29 is 23.0 Å². The molecule has 2 aromatic carbocycles. The van der Waals surface area contributed by atoms with E-state index < -0.39 is 10.0 Å². The summed E-state index contributed by atoms with van der Waals surface area (Å²) in [6, 6.07) is 9.03. The van der Waals surface area contributed by atoms with Crippen LogP contribution in [0, 0.1) is 0 Å². The average Bonchev–Trinajstić information content (AvgIpc) is 2.60. The molecule has 3 rings (SSSR count). The highest BCUT2D eigenvalue weighted by Gasteiger charge is 2.25. The largest absolute Gasteiger partial charge is 0.506 e. The lowest BCUT2D eigenvalue weighted by molar-refractivity contribution is 0.354. The number of sulfonamides is 1. The van der Waals surface area contributed by atoms with Gasteiger partial charge in [-0.05, 0) is 41.0 Å². The molecule has 0 bridgehead atoms. The third-order valence-electron chi connectivity index (χ3n) is 4.40. The van der Waals surface area contributed by atoms with E-state index in [0.29, 0.717) is 24.6 Å². The summed E-state index contributed by atoms with van der Waals surface area (Å²) >= 11 is 0. The Kier molecular flexibility index (Phi) is 4.97. The van der Waals surface area contributed by atoms with Crippen LogP contribution in [0.1, 0.15) is 22.6 Å². The van der Waals surface area contributed by atoms with Crippen LogP contribution in [-0.2, 0) is 16.6 Å². The lowest BCUT2D eigenvalue weighted by atomic mass is 9.85. The second kappa shape index (κ2) is 7.05. The van der Waals surface area contributed by atoms with Gasteiger partial charge >= 0.3 is 0 Å². The minimum atomic E-state index is -3.47. The monoisotopic (exact) mass is 378 g/mol.